The highest BCUT2D eigenvalue weighted by Crippen LogP contribution is 2.38. The quantitative estimate of drug-likeness (QED) is 0.700. The van der Waals surface area contributed by atoms with E-state index in [2.05, 4.69) is 78.3 Å². The molecule has 0 aromatic heterocycles. The molecule has 0 saturated heterocycles. The van der Waals surface area contributed by atoms with E-state index in [1.807, 2.05) is 6.07 Å². The minimum Gasteiger partial charge on any atom is -0.0752 e. The van der Waals surface area contributed by atoms with E-state index in [1.54, 1.807) is 0 Å². The maximum atomic E-state index is 3.83. The van der Waals surface area contributed by atoms with Crippen molar-refractivity contribution in [3.8, 4) is 0 Å². The Balaban J connectivity index is 2.47. The lowest BCUT2D eigenvalue weighted by molar-refractivity contribution is 0.858. The zero-order valence-corrected chi connectivity index (χ0v) is 11.2. The van der Waals surface area contributed by atoms with E-state index < -0.39 is 0 Å². The van der Waals surface area contributed by atoms with Crippen LogP contribution >= 0.6 is 15.9 Å². The largest absolute Gasteiger partial charge is 0.0752 e. The zero-order valence-electron chi connectivity index (χ0n) is 9.57. The van der Waals surface area contributed by atoms with E-state index in [-0.39, 0.29) is 4.32 Å². The zero-order chi connectivity index (χ0) is 11.6. The van der Waals surface area contributed by atoms with Crippen LogP contribution in [-0.2, 0) is 4.32 Å². The van der Waals surface area contributed by atoms with Crippen molar-refractivity contribution in [2.24, 2.45) is 0 Å². The van der Waals surface area contributed by atoms with Gasteiger partial charge in [-0.1, -0.05) is 76.1 Å². The number of hydrogen-bond acceptors (Lipinski definition) is 0. The van der Waals surface area contributed by atoms with Gasteiger partial charge in [0.2, 0.25) is 0 Å². The van der Waals surface area contributed by atoms with Crippen molar-refractivity contribution in [3.05, 3.63) is 71.3 Å². The van der Waals surface area contributed by atoms with E-state index in [9.17, 15) is 0 Å². The van der Waals surface area contributed by atoms with Crippen LogP contribution in [0.15, 0.2) is 54.6 Å². The van der Waals surface area contributed by atoms with Crippen molar-refractivity contribution in [1.29, 1.82) is 0 Å². The molecule has 16 heavy (non-hydrogen) atoms. The van der Waals surface area contributed by atoms with Gasteiger partial charge in [-0.15, -0.1) is 0 Å². The third-order valence-corrected chi connectivity index (χ3v) is 3.79. The molecule has 0 nitrogen and oxygen atoms in total. The van der Waals surface area contributed by atoms with Gasteiger partial charge < -0.3 is 0 Å². The number of rotatable bonds is 2. The van der Waals surface area contributed by atoms with Gasteiger partial charge in [0.15, 0.2) is 0 Å². The van der Waals surface area contributed by atoms with Crippen molar-refractivity contribution in [1.82, 2.24) is 0 Å². The highest BCUT2D eigenvalue weighted by molar-refractivity contribution is 9.09. The topological polar surface area (TPSA) is 0 Å². The van der Waals surface area contributed by atoms with Gasteiger partial charge in [0, 0.05) is 0 Å². The second kappa shape index (κ2) is 4.42. The third-order valence-electron chi connectivity index (χ3n) is 2.88. The molecule has 0 spiro atoms. The van der Waals surface area contributed by atoms with Crippen LogP contribution in [-0.4, -0.2) is 0 Å². The van der Waals surface area contributed by atoms with Gasteiger partial charge in [-0.3, -0.25) is 0 Å². The first-order valence-electron chi connectivity index (χ1n) is 5.42. The van der Waals surface area contributed by atoms with Crippen molar-refractivity contribution in [2.45, 2.75) is 18.2 Å². The summed E-state index contributed by atoms with van der Waals surface area (Å²) in [6, 6.07) is 19.1. The molecule has 2 rings (SSSR count). The Morgan fingerprint density at radius 2 is 1.50 bits per heavy atom. The highest BCUT2D eigenvalue weighted by Gasteiger charge is 2.24. The molecule has 0 aliphatic carbocycles. The second-order valence-electron chi connectivity index (χ2n) is 4.24. The number of halogens is 1. The first-order valence-corrected chi connectivity index (χ1v) is 6.21. The lowest BCUT2D eigenvalue weighted by Gasteiger charge is -2.24. The third kappa shape index (κ3) is 2.19. The number of aryl methyl sites for hydroxylation is 1. The van der Waals surface area contributed by atoms with Crippen molar-refractivity contribution in [3.63, 3.8) is 0 Å². The molecule has 2 aromatic carbocycles. The summed E-state index contributed by atoms with van der Waals surface area (Å²) in [5.74, 6) is 0. The molecule has 0 amide bonds. The number of alkyl halides is 1. The van der Waals surface area contributed by atoms with Crippen molar-refractivity contribution < 1.29 is 0 Å². The standard InChI is InChI=1S/C15H15Br/c1-12-7-6-10-14(11-12)15(2,16)13-8-4-3-5-9-13/h3-11H,1-2H3. The molecule has 0 radical (unpaired) electrons. The fraction of sp³-hybridized carbons (Fsp3) is 0.200. The Morgan fingerprint density at radius 1 is 0.875 bits per heavy atom. The molecule has 1 atom stereocenters. The summed E-state index contributed by atoms with van der Waals surface area (Å²) < 4.78 is -0.111. The molecule has 1 heteroatoms. The molecule has 0 aliphatic heterocycles. The number of hydrogen-bond donors (Lipinski definition) is 0. The fourth-order valence-corrected chi connectivity index (χ4v) is 2.37. The van der Waals surface area contributed by atoms with Crippen LogP contribution in [0.25, 0.3) is 0 Å². The summed E-state index contributed by atoms with van der Waals surface area (Å²) in [4.78, 5) is 0. The van der Waals surface area contributed by atoms with Crippen LogP contribution in [0.1, 0.15) is 23.6 Å². The summed E-state index contributed by atoms with van der Waals surface area (Å²) in [6.45, 7) is 4.31. The summed E-state index contributed by atoms with van der Waals surface area (Å²) in [5.41, 5.74) is 3.86. The van der Waals surface area contributed by atoms with Gasteiger partial charge in [-0.25, -0.2) is 0 Å². The first-order chi connectivity index (χ1) is 7.60. The molecule has 0 heterocycles. The number of benzene rings is 2. The lowest BCUT2D eigenvalue weighted by Crippen LogP contribution is -2.14. The Hall–Kier alpha value is -1.08. The second-order valence-corrected chi connectivity index (χ2v) is 5.82. The molecule has 0 N–H and O–H groups in total. The molecule has 0 bridgehead atoms. The average molecular weight is 275 g/mol. The summed E-state index contributed by atoms with van der Waals surface area (Å²) in [7, 11) is 0. The monoisotopic (exact) mass is 274 g/mol. The van der Waals surface area contributed by atoms with Gasteiger partial charge in [0.05, 0.1) is 4.32 Å². The minimum atomic E-state index is -0.111. The SMILES string of the molecule is Cc1cccc(C(C)(Br)c2ccccc2)c1. The lowest BCUT2D eigenvalue weighted by atomic mass is 9.92. The maximum absolute atomic E-state index is 3.83. The first kappa shape index (κ1) is 11.4. The van der Waals surface area contributed by atoms with E-state index in [0.717, 1.165) is 0 Å². The van der Waals surface area contributed by atoms with Crippen LogP contribution in [0.2, 0.25) is 0 Å². The molecule has 2 aromatic rings. The van der Waals surface area contributed by atoms with E-state index >= 15 is 0 Å². The minimum absolute atomic E-state index is 0.111. The van der Waals surface area contributed by atoms with Gasteiger partial charge in [0.1, 0.15) is 0 Å². The van der Waals surface area contributed by atoms with E-state index in [4.69, 9.17) is 0 Å². The van der Waals surface area contributed by atoms with Crippen molar-refractivity contribution >= 4 is 15.9 Å². The van der Waals surface area contributed by atoms with E-state index in [1.165, 1.54) is 16.7 Å². The predicted octanol–water partition coefficient (Wildman–Crippen LogP) is 4.65. The van der Waals surface area contributed by atoms with Crippen LogP contribution in [0.5, 0.6) is 0 Å². The van der Waals surface area contributed by atoms with Gasteiger partial charge >= 0.3 is 0 Å². The van der Waals surface area contributed by atoms with Gasteiger partial charge in [-0.05, 0) is 25.0 Å². The van der Waals surface area contributed by atoms with Crippen LogP contribution in [0.4, 0.5) is 0 Å². The Morgan fingerprint density at radius 3 is 2.12 bits per heavy atom. The van der Waals surface area contributed by atoms with Crippen LogP contribution in [0.3, 0.4) is 0 Å². The molecule has 0 fully saturated rings. The molecule has 1 unspecified atom stereocenters. The van der Waals surface area contributed by atoms with Crippen molar-refractivity contribution in [2.75, 3.05) is 0 Å². The van der Waals surface area contributed by atoms with Crippen LogP contribution < -0.4 is 0 Å². The van der Waals surface area contributed by atoms with Crippen LogP contribution in [0, 0.1) is 6.92 Å². The van der Waals surface area contributed by atoms with Gasteiger partial charge in [-0.2, -0.15) is 0 Å². The molecular weight excluding hydrogens is 260 g/mol. The fourth-order valence-electron chi connectivity index (χ4n) is 1.85. The molecular formula is C15H15Br. The summed E-state index contributed by atoms with van der Waals surface area (Å²) >= 11 is 3.83. The summed E-state index contributed by atoms with van der Waals surface area (Å²) in [6.07, 6.45) is 0. The highest BCUT2D eigenvalue weighted by atomic mass is 79.9. The summed E-state index contributed by atoms with van der Waals surface area (Å²) in [5, 5.41) is 0. The Bertz CT molecular complexity index is 472. The Labute approximate surface area is 105 Å². The Kier molecular flexibility index (Phi) is 3.15. The predicted molar refractivity (Wildman–Crippen MR) is 73.0 cm³/mol. The average Bonchev–Trinajstić information content (AvgIpc) is 2.30. The molecule has 0 saturated carbocycles. The van der Waals surface area contributed by atoms with Gasteiger partial charge in [0.25, 0.3) is 0 Å². The van der Waals surface area contributed by atoms with E-state index in [0.29, 0.717) is 0 Å². The maximum Gasteiger partial charge on any atom is 0.0726 e. The smallest absolute Gasteiger partial charge is 0.0726 e. The molecule has 82 valence electrons. The normalized spacial score (nSPS) is 14.4. The molecule has 0 aliphatic rings.